The molecule has 10 nitrogen and oxygen atoms in total. The Hall–Kier alpha value is -4.39. The number of hydrogen-bond donors (Lipinski definition) is 3. The molecule has 3 N–H and O–H groups in total. The average Bonchev–Trinajstić information content (AvgIpc) is 3.34. The van der Waals surface area contributed by atoms with Crippen molar-refractivity contribution in [3.05, 3.63) is 87.8 Å². The number of aryl methyl sites for hydroxylation is 1. The van der Waals surface area contributed by atoms with Gasteiger partial charge in [-0.1, -0.05) is 18.2 Å². The molecule has 3 heterocycles. The van der Waals surface area contributed by atoms with Crippen LogP contribution in [0.4, 0.5) is 4.39 Å². The molecule has 0 atom stereocenters. The lowest BCUT2D eigenvalue weighted by atomic mass is 9.91. The van der Waals surface area contributed by atoms with Gasteiger partial charge in [-0.25, -0.2) is 14.4 Å². The van der Waals surface area contributed by atoms with Crippen molar-refractivity contribution in [1.29, 1.82) is 0 Å². The van der Waals surface area contributed by atoms with E-state index in [1.165, 1.54) is 11.3 Å². The summed E-state index contributed by atoms with van der Waals surface area (Å²) in [7, 11) is 0. The molecule has 6 rings (SSSR count). The summed E-state index contributed by atoms with van der Waals surface area (Å²) in [5.41, 5.74) is 3.20. The molecule has 2 fully saturated rings. The van der Waals surface area contributed by atoms with Gasteiger partial charge in [0.05, 0.1) is 17.8 Å². The van der Waals surface area contributed by atoms with Crippen LogP contribution >= 0.6 is 11.3 Å². The van der Waals surface area contributed by atoms with Gasteiger partial charge in [-0.15, -0.1) is 11.3 Å². The fourth-order valence-electron chi connectivity index (χ4n) is 6.07. The van der Waals surface area contributed by atoms with E-state index in [4.69, 9.17) is 9.47 Å². The van der Waals surface area contributed by atoms with Gasteiger partial charge in [-0.3, -0.25) is 14.5 Å². The fraction of sp³-hybridized carbons (Fsp3) is 0.371. The van der Waals surface area contributed by atoms with Crippen LogP contribution in [0, 0.1) is 12.7 Å². The molecule has 0 bridgehead atoms. The van der Waals surface area contributed by atoms with E-state index in [2.05, 4.69) is 25.5 Å². The van der Waals surface area contributed by atoms with Crippen LogP contribution in [0.1, 0.15) is 63.5 Å². The molecule has 47 heavy (non-hydrogen) atoms. The van der Waals surface area contributed by atoms with Crippen LogP contribution in [-0.2, 0) is 11.3 Å². The topological polar surface area (TPSA) is 126 Å². The van der Waals surface area contributed by atoms with Crippen molar-refractivity contribution in [1.82, 2.24) is 25.5 Å². The van der Waals surface area contributed by atoms with E-state index in [-0.39, 0.29) is 35.2 Å². The van der Waals surface area contributed by atoms with E-state index in [1.807, 2.05) is 31.2 Å². The van der Waals surface area contributed by atoms with E-state index >= 15 is 0 Å². The van der Waals surface area contributed by atoms with Crippen LogP contribution in [0.2, 0.25) is 0 Å². The van der Waals surface area contributed by atoms with Gasteiger partial charge >= 0.3 is 0 Å². The Morgan fingerprint density at radius 3 is 2.60 bits per heavy atom. The second-order valence-electron chi connectivity index (χ2n) is 12.0. The number of carbonyl (C=O) groups is 2. The number of aromatic nitrogens is 2. The molecule has 0 spiro atoms. The highest BCUT2D eigenvalue weighted by Gasteiger charge is 2.26. The number of nitrogens with zero attached hydrogens (tertiary/aromatic N) is 3. The lowest BCUT2D eigenvalue weighted by molar-refractivity contribution is 0.0888. The van der Waals surface area contributed by atoms with Crippen LogP contribution in [0.3, 0.4) is 0 Å². The third-order valence-corrected chi connectivity index (χ3v) is 9.24. The summed E-state index contributed by atoms with van der Waals surface area (Å²) in [5.74, 6) is -0.686. The van der Waals surface area contributed by atoms with Gasteiger partial charge in [0, 0.05) is 43.7 Å². The molecule has 0 radical (unpaired) electrons. The molecule has 1 aliphatic carbocycles. The van der Waals surface area contributed by atoms with Crippen molar-refractivity contribution in [2.75, 3.05) is 26.3 Å². The molecular weight excluding hydrogens is 621 g/mol. The van der Waals surface area contributed by atoms with Crippen LogP contribution in [0.5, 0.6) is 17.4 Å². The molecule has 2 aromatic heterocycles. The Kier molecular flexibility index (Phi) is 10.4. The van der Waals surface area contributed by atoms with Gasteiger partial charge in [-0.05, 0) is 86.1 Å². The number of phenolic OH excluding ortho intramolecular Hbond substituents is 1. The number of amides is 2. The van der Waals surface area contributed by atoms with Gasteiger partial charge in [0.1, 0.15) is 28.6 Å². The fourth-order valence-corrected chi connectivity index (χ4v) is 6.66. The highest BCUT2D eigenvalue weighted by Crippen LogP contribution is 2.33. The number of hydrogen-bond acceptors (Lipinski definition) is 9. The largest absolute Gasteiger partial charge is 0.508 e. The molecule has 4 aromatic rings. The lowest BCUT2D eigenvalue weighted by Gasteiger charge is -2.29. The molecule has 2 amide bonds. The van der Waals surface area contributed by atoms with Crippen LogP contribution in [-0.4, -0.2) is 70.2 Å². The summed E-state index contributed by atoms with van der Waals surface area (Å²) in [4.78, 5) is 36.6. The van der Waals surface area contributed by atoms with Crippen molar-refractivity contribution in [3.63, 3.8) is 0 Å². The molecule has 1 saturated heterocycles. The van der Waals surface area contributed by atoms with E-state index < -0.39 is 11.7 Å². The maximum Gasteiger partial charge on any atom is 0.270 e. The third kappa shape index (κ3) is 8.51. The van der Waals surface area contributed by atoms with Gasteiger partial charge < -0.3 is 25.2 Å². The number of carbonyl (C=O) groups excluding carboxylic acids is 2. The zero-order valence-corrected chi connectivity index (χ0v) is 27.0. The Labute approximate surface area is 277 Å². The summed E-state index contributed by atoms with van der Waals surface area (Å²) < 4.78 is 26.0. The Morgan fingerprint density at radius 2 is 1.83 bits per heavy atom. The molecule has 246 valence electrons. The highest BCUT2D eigenvalue weighted by atomic mass is 32.1. The van der Waals surface area contributed by atoms with E-state index in [9.17, 15) is 19.1 Å². The number of phenols is 1. The number of rotatable bonds is 9. The molecule has 2 aromatic carbocycles. The number of ether oxygens (including phenoxy) is 2. The predicted octanol–water partition coefficient (Wildman–Crippen LogP) is 5.84. The summed E-state index contributed by atoms with van der Waals surface area (Å²) >= 11 is 1.43. The predicted molar refractivity (Wildman–Crippen MR) is 176 cm³/mol. The monoisotopic (exact) mass is 659 g/mol. The second-order valence-corrected chi connectivity index (χ2v) is 13.0. The minimum Gasteiger partial charge on any atom is -0.508 e. The summed E-state index contributed by atoms with van der Waals surface area (Å²) in [6.45, 7) is 5.65. The number of thiazole rings is 1. The third-order valence-electron chi connectivity index (χ3n) is 8.47. The van der Waals surface area contributed by atoms with Crippen molar-refractivity contribution in [2.24, 2.45) is 0 Å². The Bertz CT molecular complexity index is 1720. The van der Waals surface area contributed by atoms with Gasteiger partial charge in [0.25, 0.3) is 11.8 Å². The SMILES string of the molecule is Cc1nc(C(=O)N[C@H]2CC[C@H](NC(=O)c3cc(F)cnc3Oc3cccc(-c4ccc(O)cc4CN4CCCOCC4)c3)CC2)cs1. The smallest absolute Gasteiger partial charge is 0.270 e. The normalized spacial score (nSPS) is 18.7. The number of pyridine rings is 1. The number of halogens is 1. The van der Waals surface area contributed by atoms with Crippen molar-refractivity contribution >= 4 is 23.2 Å². The first-order chi connectivity index (χ1) is 22.8. The molecule has 0 unspecified atom stereocenters. The quantitative estimate of drug-likeness (QED) is 0.205. The highest BCUT2D eigenvalue weighted by molar-refractivity contribution is 7.09. The first-order valence-electron chi connectivity index (χ1n) is 15.9. The number of nitrogens with one attached hydrogen (secondary N) is 2. The molecule has 2 aliphatic rings. The zero-order valence-electron chi connectivity index (χ0n) is 26.2. The number of benzene rings is 2. The van der Waals surface area contributed by atoms with Crippen LogP contribution in [0.15, 0.2) is 60.1 Å². The van der Waals surface area contributed by atoms with Crippen molar-refractivity contribution < 1.29 is 28.6 Å². The molecule has 1 saturated carbocycles. The van der Waals surface area contributed by atoms with Gasteiger partial charge in [0.15, 0.2) is 0 Å². The first-order valence-corrected chi connectivity index (χ1v) is 16.8. The summed E-state index contributed by atoms with van der Waals surface area (Å²) in [5, 5.41) is 18.9. The van der Waals surface area contributed by atoms with Gasteiger partial charge in [-0.2, -0.15) is 0 Å². The summed E-state index contributed by atoms with van der Waals surface area (Å²) in [6.07, 6.45) is 4.69. The van der Waals surface area contributed by atoms with Crippen LogP contribution < -0.4 is 15.4 Å². The van der Waals surface area contributed by atoms with E-state index in [0.29, 0.717) is 50.3 Å². The lowest BCUT2D eigenvalue weighted by Crippen LogP contribution is -2.44. The minimum absolute atomic E-state index is 0.00145. The summed E-state index contributed by atoms with van der Waals surface area (Å²) in [6, 6.07) is 13.7. The maximum atomic E-state index is 14.3. The first kappa shape index (κ1) is 32.5. The van der Waals surface area contributed by atoms with E-state index in [1.54, 1.807) is 23.6 Å². The van der Waals surface area contributed by atoms with Crippen molar-refractivity contribution in [3.8, 4) is 28.5 Å². The Balaban J connectivity index is 1.12. The second kappa shape index (κ2) is 15.0. The molecule has 12 heteroatoms. The van der Waals surface area contributed by atoms with Crippen molar-refractivity contribution in [2.45, 2.75) is 57.7 Å². The minimum atomic E-state index is -0.646. The Morgan fingerprint density at radius 1 is 1.04 bits per heavy atom. The standard InChI is InChI=1S/C35H38FN5O5S/c1-22-38-32(21-47-22)34(44)40-27-8-6-26(7-9-27)39-33(43)31-18-25(36)19-37-35(31)46-29-5-2-4-23(17-29)30-11-10-28(42)16-24(30)20-41-12-3-14-45-15-13-41/h2,4-5,10-11,16-19,21,26-27,42H,3,6-9,12-15,20H2,1H3,(H,39,43)(H,40,44)/t26-,27-. The number of aromatic hydroxyl groups is 1. The van der Waals surface area contributed by atoms with Gasteiger partial charge in [0.2, 0.25) is 5.88 Å². The molecular formula is C35H38FN5O5S. The molecule has 1 aliphatic heterocycles. The zero-order chi connectivity index (χ0) is 32.8. The maximum absolute atomic E-state index is 14.3. The van der Waals surface area contributed by atoms with E-state index in [0.717, 1.165) is 60.1 Å². The van der Waals surface area contributed by atoms with Crippen LogP contribution in [0.25, 0.3) is 11.1 Å². The average molecular weight is 660 g/mol.